The molecule has 5 heteroatoms. The van der Waals surface area contributed by atoms with Crippen molar-refractivity contribution in [2.45, 2.75) is 65.3 Å². The van der Waals surface area contributed by atoms with Crippen LogP contribution in [0.25, 0.3) is 17.3 Å². The first kappa shape index (κ1) is 22.0. The van der Waals surface area contributed by atoms with Crippen LogP contribution in [0.1, 0.15) is 68.7 Å². The fraction of sp³-hybridized carbons (Fsp3) is 0.538. The molecule has 0 bridgehead atoms. The predicted octanol–water partition coefficient (Wildman–Crippen LogP) is 6.23. The summed E-state index contributed by atoms with van der Waals surface area (Å²) in [7, 11) is 0. The molecule has 31 heavy (non-hydrogen) atoms. The molecule has 2 aliphatic rings. The molecule has 0 spiro atoms. The minimum atomic E-state index is 0.248. The lowest BCUT2D eigenvalue weighted by molar-refractivity contribution is -0.295. The van der Waals surface area contributed by atoms with E-state index in [0.717, 1.165) is 17.9 Å². The van der Waals surface area contributed by atoms with Crippen molar-refractivity contribution in [3.63, 3.8) is 0 Å². The lowest BCUT2D eigenvalue weighted by atomic mass is 9.81. The van der Waals surface area contributed by atoms with Crippen LogP contribution in [-0.4, -0.2) is 29.5 Å². The first-order valence-corrected chi connectivity index (χ1v) is 11.7. The Balaban J connectivity index is 1.79. The third-order valence-corrected chi connectivity index (χ3v) is 6.54. The zero-order chi connectivity index (χ0) is 21.8. The number of rotatable bonds is 7. The van der Waals surface area contributed by atoms with Gasteiger partial charge in [0.2, 0.25) is 0 Å². The van der Waals surface area contributed by atoms with E-state index in [1.807, 2.05) is 13.0 Å². The lowest BCUT2D eigenvalue weighted by Crippen LogP contribution is -2.08. The van der Waals surface area contributed by atoms with Gasteiger partial charge in [0.25, 0.3) is 0 Å². The Kier molecular flexibility index (Phi) is 7.03. The van der Waals surface area contributed by atoms with Crippen LogP contribution in [0.5, 0.6) is 11.5 Å². The number of hydrogen-bond donors (Lipinski definition) is 1. The number of fused-ring (bicyclic) bond motifs is 3. The lowest BCUT2D eigenvalue weighted by Gasteiger charge is -2.24. The van der Waals surface area contributed by atoms with E-state index < -0.39 is 0 Å². The fourth-order valence-corrected chi connectivity index (χ4v) is 4.99. The number of hydrogen-bond acceptors (Lipinski definition) is 4. The van der Waals surface area contributed by atoms with Crippen molar-refractivity contribution in [2.75, 3.05) is 19.8 Å². The van der Waals surface area contributed by atoms with E-state index in [0.29, 0.717) is 25.7 Å². The van der Waals surface area contributed by atoms with E-state index in [-0.39, 0.29) is 11.7 Å². The molecule has 1 N–H and O–H groups in total. The van der Waals surface area contributed by atoms with Gasteiger partial charge >= 0.3 is 0 Å². The molecule has 5 nitrogen and oxygen atoms in total. The van der Waals surface area contributed by atoms with E-state index in [1.165, 1.54) is 54.6 Å². The van der Waals surface area contributed by atoms with E-state index >= 15 is 0 Å². The molecule has 2 heterocycles. The van der Waals surface area contributed by atoms with Gasteiger partial charge in [-0.3, -0.25) is 0 Å². The minimum absolute atomic E-state index is 0.248. The Morgan fingerprint density at radius 3 is 2.81 bits per heavy atom. The summed E-state index contributed by atoms with van der Waals surface area (Å²) >= 11 is 0. The quantitative estimate of drug-likeness (QED) is 0.325. The number of aromatic nitrogens is 1. The molecule has 1 atom stereocenters. The van der Waals surface area contributed by atoms with Crippen LogP contribution in [-0.2, 0) is 16.3 Å². The van der Waals surface area contributed by atoms with Crippen molar-refractivity contribution >= 4 is 6.08 Å². The SMILES string of the molecule is CCOOCC(C)/C=C\c1c(C2CCCCC2)c2n(c1C)CCOc1cc(O)ccc1-2. The van der Waals surface area contributed by atoms with E-state index in [2.05, 4.69) is 30.6 Å². The van der Waals surface area contributed by atoms with Gasteiger partial charge in [0, 0.05) is 23.2 Å². The summed E-state index contributed by atoms with van der Waals surface area (Å²) < 4.78 is 8.46. The summed E-state index contributed by atoms with van der Waals surface area (Å²) in [4.78, 5) is 10.3. The van der Waals surface area contributed by atoms with Gasteiger partial charge in [-0.1, -0.05) is 38.3 Å². The summed E-state index contributed by atoms with van der Waals surface area (Å²) in [5.74, 6) is 1.84. The average Bonchev–Trinajstić information content (AvgIpc) is 2.92. The monoisotopic (exact) mass is 425 g/mol. The van der Waals surface area contributed by atoms with Crippen molar-refractivity contribution in [2.24, 2.45) is 5.92 Å². The highest BCUT2D eigenvalue weighted by atomic mass is 17.2. The normalized spacial score (nSPS) is 17.8. The first-order chi connectivity index (χ1) is 15.1. The topological polar surface area (TPSA) is 52.9 Å². The van der Waals surface area contributed by atoms with Crippen molar-refractivity contribution in [3.05, 3.63) is 41.1 Å². The van der Waals surface area contributed by atoms with Crippen LogP contribution in [0, 0.1) is 12.8 Å². The summed E-state index contributed by atoms with van der Waals surface area (Å²) in [6.45, 7) is 8.82. The molecule has 1 aromatic carbocycles. The number of phenolic OH excluding ortho intramolecular Hbond substituents is 1. The van der Waals surface area contributed by atoms with Gasteiger partial charge in [-0.25, -0.2) is 9.78 Å². The first-order valence-electron chi connectivity index (χ1n) is 11.7. The molecule has 1 aliphatic heterocycles. The van der Waals surface area contributed by atoms with Crippen LogP contribution in [0.3, 0.4) is 0 Å². The van der Waals surface area contributed by atoms with Crippen LogP contribution in [0.4, 0.5) is 0 Å². The zero-order valence-electron chi connectivity index (χ0n) is 19.0. The number of aromatic hydroxyl groups is 1. The second kappa shape index (κ2) is 9.92. The molecule has 0 radical (unpaired) electrons. The number of ether oxygens (including phenoxy) is 1. The molecule has 168 valence electrons. The second-order valence-corrected chi connectivity index (χ2v) is 8.80. The zero-order valence-corrected chi connectivity index (χ0v) is 19.0. The number of phenols is 1. The second-order valence-electron chi connectivity index (χ2n) is 8.80. The maximum absolute atomic E-state index is 10.0. The highest BCUT2D eigenvalue weighted by Gasteiger charge is 2.30. The Morgan fingerprint density at radius 2 is 2.03 bits per heavy atom. The molecular formula is C26H35NO4. The van der Waals surface area contributed by atoms with Crippen LogP contribution < -0.4 is 4.74 Å². The van der Waals surface area contributed by atoms with Crippen molar-refractivity contribution in [3.8, 4) is 22.8 Å². The maximum Gasteiger partial charge on any atom is 0.132 e. The van der Waals surface area contributed by atoms with Crippen LogP contribution in [0.15, 0.2) is 24.3 Å². The molecule has 4 rings (SSSR count). The van der Waals surface area contributed by atoms with Crippen LogP contribution in [0.2, 0.25) is 0 Å². The molecule has 0 amide bonds. The van der Waals surface area contributed by atoms with Gasteiger partial charge in [0.1, 0.15) is 18.1 Å². The van der Waals surface area contributed by atoms with Crippen molar-refractivity contribution < 1.29 is 19.6 Å². The average molecular weight is 426 g/mol. The Hall–Kier alpha value is -2.24. The van der Waals surface area contributed by atoms with Gasteiger partial charge in [0.15, 0.2) is 0 Å². The highest BCUT2D eigenvalue weighted by molar-refractivity contribution is 5.79. The highest BCUT2D eigenvalue weighted by Crippen LogP contribution is 2.47. The Morgan fingerprint density at radius 1 is 1.23 bits per heavy atom. The smallest absolute Gasteiger partial charge is 0.132 e. The Labute approximate surface area is 185 Å². The fourth-order valence-electron chi connectivity index (χ4n) is 4.99. The molecule has 1 unspecified atom stereocenters. The molecule has 0 saturated heterocycles. The summed E-state index contributed by atoms with van der Waals surface area (Å²) in [5.41, 5.74) is 6.44. The number of nitrogens with zero attached hydrogens (tertiary/aromatic N) is 1. The maximum atomic E-state index is 10.0. The van der Waals surface area contributed by atoms with Crippen molar-refractivity contribution in [1.29, 1.82) is 0 Å². The van der Waals surface area contributed by atoms with E-state index in [1.54, 1.807) is 12.1 Å². The largest absolute Gasteiger partial charge is 0.508 e. The molecule has 1 aliphatic carbocycles. The molecule has 1 aromatic heterocycles. The Bertz CT molecular complexity index is 924. The molecule has 2 aromatic rings. The predicted molar refractivity (Wildman–Crippen MR) is 123 cm³/mol. The molecular weight excluding hydrogens is 390 g/mol. The molecule has 1 saturated carbocycles. The third kappa shape index (κ3) is 4.68. The summed E-state index contributed by atoms with van der Waals surface area (Å²) in [6, 6.07) is 5.54. The molecule has 1 fully saturated rings. The van der Waals surface area contributed by atoms with Gasteiger partial charge in [-0.05, 0) is 55.9 Å². The number of benzene rings is 1. The summed E-state index contributed by atoms with van der Waals surface area (Å²) in [5, 5.41) is 10.0. The van der Waals surface area contributed by atoms with Gasteiger partial charge in [0.05, 0.1) is 25.5 Å². The summed E-state index contributed by atoms with van der Waals surface area (Å²) in [6.07, 6.45) is 10.9. The van der Waals surface area contributed by atoms with Gasteiger partial charge in [-0.2, -0.15) is 0 Å². The third-order valence-electron chi connectivity index (χ3n) is 6.54. The van der Waals surface area contributed by atoms with Crippen molar-refractivity contribution in [1.82, 2.24) is 4.57 Å². The van der Waals surface area contributed by atoms with Gasteiger partial charge in [-0.15, -0.1) is 0 Å². The van der Waals surface area contributed by atoms with Crippen LogP contribution >= 0.6 is 0 Å². The standard InChI is InChI=1S/C26H35NO4/c1-4-30-31-17-18(2)10-12-22-19(3)27-14-15-29-24-16-21(28)11-13-23(24)26(27)25(22)20-8-6-5-7-9-20/h10-13,16,18,20,28H,4-9,14-15,17H2,1-3H3/b12-10-. The van der Waals surface area contributed by atoms with Gasteiger partial charge < -0.3 is 14.4 Å². The van der Waals surface area contributed by atoms with E-state index in [4.69, 9.17) is 14.5 Å². The van der Waals surface area contributed by atoms with E-state index in [9.17, 15) is 5.11 Å². The minimum Gasteiger partial charge on any atom is -0.508 e.